The van der Waals surface area contributed by atoms with E-state index in [1.54, 1.807) is 76.5 Å². The third-order valence-corrected chi connectivity index (χ3v) is 14.7. The van der Waals surface area contributed by atoms with Crippen LogP contribution in [-0.2, 0) is 23.9 Å². The van der Waals surface area contributed by atoms with Gasteiger partial charge in [0.1, 0.15) is 60.3 Å². The summed E-state index contributed by atoms with van der Waals surface area (Å²) in [5.41, 5.74) is 3.97. The molecule has 20 heteroatoms. The molecule has 3 amide bonds. The normalized spacial score (nSPS) is 27.8. The Kier molecular flexibility index (Phi) is 16.3. The number of alkyl halides is 2. The average molecular weight is 1060 g/mol. The van der Waals surface area contributed by atoms with E-state index in [-0.39, 0.29) is 60.5 Å². The Morgan fingerprint density at radius 3 is 1.54 bits per heavy atom. The lowest BCUT2D eigenvalue weighted by atomic mass is 9.95. The smallest absolute Gasteiger partial charge is 0.251 e. The Balaban J connectivity index is 0.984. The number of aliphatic hydroxyl groups is 8. The zero-order valence-corrected chi connectivity index (χ0v) is 41.5. The summed E-state index contributed by atoms with van der Waals surface area (Å²) in [6.45, 7) is 1.02. The number of carbonyl (C=O) groups is 3. The summed E-state index contributed by atoms with van der Waals surface area (Å²) in [5, 5.41) is 88.5. The number of hydrogen-bond donors (Lipinski definition) is 9. The number of benzene rings is 5. The van der Waals surface area contributed by atoms with Crippen molar-refractivity contribution in [2.24, 2.45) is 0 Å². The third-order valence-electron chi connectivity index (χ3n) is 14.0. The van der Waals surface area contributed by atoms with Crippen molar-refractivity contribution in [1.82, 2.24) is 0 Å². The minimum Gasteiger partial charge on any atom is -0.461 e. The van der Waals surface area contributed by atoms with Crippen LogP contribution >= 0.6 is 23.2 Å². The van der Waals surface area contributed by atoms with Gasteiger partial charge in [0, 0.05) is 83.9 Å². The fourth-order valence-corrected chi connectivity index (χ4v) is 10.7. The van der Waals surface area contributed by atoms with Gasteiger partial charge < -0.3 is 74.9 Å². The molecule has 5 aromatic rings. The van der Waals surface area contributed by atoms with Crippen LogP contribution in [0.4, 0.5) is 17.1 Å². The van der Waals surface area contributed by atoms with E-state index >= 15 is 0 Å². The molecular formula is C54H57Cl2N3O15. The van der Waals surface area contributed by atoms with E-state index in [0.717, 1.165) is 21.9 Å². The predicted molar refractivity (Wildman–Crippen MR) is 276 cm³/mol. The zero-order chi connectivity index (χ0) is 52.5. The Bertz CT molecular complexity index is 2970. The molecule has 0 spiro atoms. The lowest BCUT2D eigenvalue weighted by Gasteiger charge is -2.39. The second kappa shape index (κ2) is 22.6. The van der Waals surface area contributed by atoms with Gasteiger partial charge >= 0.3 is 0 Å². The van der Waals surface area contributed by atoms with Crippen molar-refractivity contribution in [3.63, 3.8) is 0 Å². The maximum Gasteiger partial charge on any atom is 0.251 e. The lowest BCUT2D eigenvalue weighted by molar-refractivity contribution is -0.277. The van der Waals surface area contributed by atoms with Crippen molar-refractivity contribution in [3.8, 4) is 11.5 Å². The van der Waals surface area contributed by atoms with Gasteiger partial charge in [0.2, 0.25) is 18.5 Å². The summed E-state index contributed by atoms with van der Waals surface area (Å²) < 4.78 is 23.6. The highest BCUT2D eigenvalue weighted by Gasteiger charge is 2.47. The van der Waals surface area contributed by atoms with E-state index in [4.69, 9.17) is 42.1 Å². The minimum atomic E-state index is -1.68. The van der Waals surface area contributed by atoms with E-state index in [9.17, 15) is 55.2 Å². The van der Waals surface area contributed by atoms with E-state index < -0.39 is 86.4 Å². The van der Waals surface area contributed by atoms with Crippen LogP contribution in [0.2, 0.25) is 0 Å². The Labute approximate surface area is 435 Å². The van der Waals surface area contributed by atoms with Gasteiger partial charge in [-0.15, -0.1) is 23.2 Å². The minimum absolute atomic E-state index is 0.179. The molecule has 4 aliphatic rings. The molecule has 18 nitrogen and oxygen atoms in total. The van der Waals surface area contributed by atoms with Gasteiger partial charge in [-0.3, -0.25) is 14.4 Å². The molecule has 9 rings (SSSR count). The van der Waals surface area contributed by atoms with Gasteiger partial charge in [-0.25, -0.2) is 0 Å². The highest BCUT2D eigenvalue weighted by Crippen LogP contribution is 2.48. The lowest BCUT2D eigenvalue weighted by Crippen LogP contribution is -2.60. The van der Waals surface area contributed by atoms with Gasteiger partial charge in [-0.05, 0) is 57.7 Å². The van der Waals surface area contributed by atoms with Crippen LogP contribution in [-0.4, -0.2) is 158 Å². The number of nitrogens with one attached hydrogen (secondary N) is 1. The number of fused-ring (bicyclic) bond motifs is 6. The fraction of sp³-hybridized carbons (Fsp3) is 0.389. The summed E-state index contributed by atoms with van der Waals surface area (Å²) in [4.78, 5) is 44.7. The molecule has 9 N–H and O–H groups in total. The number of amides is 3. The molecule has 0 unspecified atom stereocenters. The molecule has 5 aromatic carbocycles. The first-order valence-corrected chi connectivity index (χ1v) is 25.4. The molecule has 0 aromatic heterocycles. The molecule has 0 saturated carbocycles. The number of carbonyl (C=O) groups excluding carboxylic acids is 3. The van der Waals surface area contributed by atoms with Crippen LogP contribution in [0.5, 0.6) is 11.5 Å². The van der Waals surface area contributed by atoms with Crippen molar-refractivity contribution in [2.45, 2.75) is 93.0 Å². The quantitative estimate of drug-likeness (QED) is 0.0533. The molecule has 4 aliphatic heterocycles. The molecule has 74 heavy (non-hydrogen) atoms. The van der Waals surface area contributed by atoms with E-state index in [1.165, 1.54) is 12.2 Å². The Morgan fingerprint density at radius 1 is 0.635 bits per heavy atom. The third kappa shape index (κ3) is 10.2. The number of halogens is 2. The predicted octanol–water partition coefficient (Wildman–Crippen LogP) is 3.85. The number of ether oxygens (including phenoxy) is 4. The molecule has 0 aliphatic carbocycles. The second-order valence-electron chi connectivity index (χ2n) is 18.7. The van der Waals surface area contributed by atoms with Crippen LogP contribution in [0, 0.1) is 0 Å². The van der Waals surface area contributed by atoms with Gasteiger partial charge in [0.05, 0.1) is 24.6 Å². The number of hydrogen-bond acceptors (Lipinski definition) is 15. The first kappa shape index (κ1) is 53.1. The molecule has 4 heterocycles. The number of nitrogens with zero attached hydrogens (tertiary/aromatic N) is 2. The molecule has 2 fully saturated rings. The van der Waals surface area contributed by atoms with Crippen LogP contribution in [0.1, 0.15) is 53.9 Å². The van der Waals surface area contributed by atoms with Crippen molar-refractivity contribution in [3.05, 3.63) is 113 Å². The highest BCUT2D eigenvalue weighted by molar-refractivity contribution is 6.20. The standard InChI is InChI=1S/C54H57Cl2N3O15/c1-2-7-42(62)57-35-18-27(13-16-43(63)58-23-29(21-55)45-33-10-5-3-8-31(33)38(19-36(45)58)71-53-51(69)49(67)47(65)40(25-60)73-53)12-14-28(35)15-17-44(64)59-24-30(22-56)46-34-11-6-4-9-32(34)39(20-37(46)59)72-54-52(70)50(68)48(66)41(26-61)74-54/h3-6,8-20,29-30,40-41,47-54,60-61,65-70H,2,7,21-26H2,1H3,(H,57,62)/b16-13+,17-15+/t29-,30-,40-,41-,47+,48+,49+,50+,51-,52-,53-,54-/m1/s1. The van der Waals surface area contributed by atoms with Gasteiger partial charge in [-0.1, -0.05) is 67.6 Å². The largest absolute Gasteiger partial charge is 0.461 e. The summed E-state index contributed by atoms with van der Waals surface area (Å²) >= 11 is 13.1. The Morgan fingerprint density at radius 2 is 1.09 bits per heavy atom. The number of rotatable bonds is 15. The highest BCUT2D eigenvalue weighted by atomic mass is 35.5. The van der Waals surface area contributed by atoms with E-state index in [1.807, 2.05) is 31.2 Å². The van der Waals surface area contributed by atoms with Gasteiger partial charge in [0.25, 0.3) is 11.8 Å². The molecule has 0 bridgehead atoms. The first-order valence-electron chi connectivity index (χ1n) is 24.3. The SMILES string of the molecule is CCCC(=O)Nc1cc(/C=C/C(=O)N2C[C@@H](CCl)c3c2cc(O[C@@H]2O[C@H](CO)[C@H](O)[C@H](O)[C@H]2O)c2ccccc32)ccc1/C=C/C(=O)N1C[C@@H](CCl)c2c1cc(O[C@@H]1O[C@H](CO)[C@H](O)[C@H](O)[C@H]1O)c1ccccc21. The monoisotopic (exact) mass is 1060 g/mol. The van der Waals surface area contributed by atoms with Crippen LogP contribution in [0.15, 0.2) is 91.0 Å². The molecule has 2 saturated heterocycles. The number of anilines is 3. The fourth-order valence-electron chi connectivity index (χ4n) is 10.1. The van der Waals surface area contributed by atoms with Crippen molar-refractivity contribution >= 4 is 91.7 Å². The number of aliphatic hydroxyl groups excluding tert-OH is 8. The van der Waals surface area contributed by atoms with E-state index in [2.05, 4.69) is 5.32 Å². The summed E-state index contributed by atoms with van der Waals surface area (Å²) in [7, 11) is 0. The maximum atomic E-state index is 14.3. The van der Waals surface area contributed by atoms with Crippen molar-refractivity contribution in [2.75, 3.05) is 53.2 Å². The molecule has 0 radical (unpaired) electrons. The summed E-state index contributed by atoms with van der Waals surface area (Å²) in [6, 6.07) is 22.9. The van der Waals surface area contributed by atoms with Crippen molar-refractivity contribution < 1.29 is 74.2 Å². The van der Waals surface area contributed by atoms with Crippen LogP contribution in [0.25, 0.3) is 33.7 Å². The summed E-state index contributed by atoms with van der Waals surface area (Å²) in [5.74, 6) is -0.878. The summed E-state index contributed by atoms with van der Waals surface area (Å²) in [6.07, 6.45) is -8.51. The maximum absolute atomic E-state index is 14.3. The van der Waals surface area contributed by atoms with Crippen molar-refractivity contribution in [1.29, 1.82) is 0 Å². The Hall–Kier alpha value is -5.71. The van der Waals surface area contributed by atoms with Gasteiger partial charge in [-0.2, -0.15) is 0 Å². The van der Waals surface area contributed by atoms with E-state index in [0.29, 0.717) is 45.4 Å². The molecule has 392 valence electrons. The first-order chi connectivity index (χ1) is 35.7. The zero-order valence-electron chi connectivity index (χ0n) is 40.0. The van der Waals surface area contributed by atoms with Crippen LogP contribution < -0.4 is 24.6 Å². The molecule has 12 atom stereocenters. The second-order valence-corrected chi connectivity index (χ2v) is 19.4. The average Bonchev–Trinajstić information content (AvgIpc) is 3.99. The van der Waals surface area contributed by atoms with Gasteiger partial charge in [0.15, 0.2) is 0 Å². The topological polar surface area (TPSA) is 268 Å². The molecular weight excluding hydrogens is 1000 g/mol. The van der Waals surface area contributed by atoms with Crippen LogP contribution in [0.3, 0.4) is 0 Å².